The molecule has 3 N–H and O–H groups in total. The highest BCUT2D eigenvalue weighted by molar-refractivity contribution is 7.16. The minimum absolute atomic E-state index is 0.0121. The Morgan fingerprint density at radius 2 is 2.33 bits per heavy atom. The van der Waals surface area contributed by atoms with Gasteiger partial charge in [-0.05, 0) is 18.4 Å². The van der Waals surface area contributed by atoms with Crippen LogP contribution >= 0.6 is 11.3 Å². The molecule has 0 saturated heterocycles. The Morgan fingerprint density at radius 1 is 1.56 bits per heavy atom. The van der Waals surface area contributed by atoms with Crippen LogP contribution in [0.4, 0.5) is 11.8 Å². The fourth-order valence-electron chi connectivity index (χ4n) is 1.48. The third-order valence-corrected chi connectivity index (χ3v) is 3.46. The first-order valence-corrected chi connectivity index (χ1v) is 6.48. The number of hydrogen-bond acceptors (Lipinski definition) is 6. The van der Waals surface area contributed by atoms with Gasteiger partial charge in [0, 0.05) is 13.6 Å². The normalized spacial score (nSPS) is 10.6. The lowest BCUT2D eigenvalue weighted by Crippen LogP contribution is -2.32. The van der Waals surface area contributed by atoms with Gasteiger partial charge in [-0.1, -0.05) is 0 Å². The number of hydrogen-bond donors (Lipinski definition) is 2. The molecular weight excluding hydrogens is 250 g/mol. The number of fused-ring (bicyclic) bond motifs is 1. The average Bonchev–Trinajstić information content (AvgIpc) is 2.82. The highest BCUT2D eigenvalue weighted by atomic mass is 32.1. The Balaban J connectivity index is 2.16. The summed E-state index contributed by atoms with van der Waals surface area (Å²) in [5, 5.41) is 5.82. The van der Waals surface area contributed by atoms with Crippen LogP contribution in [0.25, 0.3) is 10.2 Å². The van der Waals surface area contributed by atoms with Gasteiger partial charge in [0.15, 0.2) is 0 Å². The lowest BCUT2D eigenvalue weighted by atomic mass is 10.3. The molecule has 7 heteroatoms. The van der Waals surface area contributed by atoms with Crippen molar-refractivity contribution in [2.75, 3.05) is 31.2 Å². The van der Waals surface area contributed by atoms with Crippen LogP contribution in [0.2, 0.25) is 0 Å². The quantitative estimate of drug-likeness (QED) is 0.866. The van der Waals surface area contributed by atoms with Gasteiger partial charge in [-0.15, -0.1) is 11.3 Å². The highest BCUT2D eigenvalue weighted by Crippen LogP contribution is 2.25. The van der Waals surface area contributed by atoms with E-state index in [1.54, 1.807) is 11.9 Å². The molecule has 2 rings (SSSR count). The smallest absolute Gasteiger partial charge is 0.241 e. The predicted molar refractivity (Wildman–Crippen MR) is 73.6 cm³/mol. The number of likely N-dealkylation sites (N-methyl/N-ethyl adjacent to an activating group) is 1. The minimum Gasteiger partial charge on any atom is -0.368 e. The zero-order chi connectivity index (χ0) is 13.1. The molecule has 1 amide bonds. The molecule has 6 nitrogen and oxygen atoms in total. The van der Waals surface area contributed by atoms with Crippen molar-refractivity contribution < 1.29 is 4.79 Å². The van der Waals surface area contributed by atoms with Gasteiger partial charge in [0.2, 0.25) is 11.9 Å². The molecule has 96 valence electrons. The molecule has 0 aromatic carbocycles. The summed E-state index contributed by atoms with van der Waals surface area (Å²) in [5.41, 5.74) is 5.63. The standard InChI is InChI=1S/C11H15N5OS/c1-3-16(2)8(17)6-13-9-7-4-5-18-10(7)15-11(12)14-9/h4-5H,3,6H2,1-2H3,(H3,12,13,14,15). The van der Waals surface area contributed by atoms with Crippen molar-refractivity contribution in [3.8, 4) is 0 Å². The number of nitrogens with one attached hydrogen (secondary N) is 1. The molecule has 0 aliphatic heterocycles. The van der Waals surface area contributed by atoms with Crippen LogP contribution in [-0.4, -0.2) is 40.9 Å². The Bertz CT molecular complexity index is 568. The van der Waals surface area contributed by atoms with Crippen molar-refractivity contribution in [1.29, 1.82) is 0 Å². The number of carbonyl (C=O) groups is 1. The third-order valence-electron chi connectivity index (χ3n) is 2.65. The van der Waals surface area contributed by atoms with Crippen LogP contribution in [0.15, 0.2) is 11.4 Å². The van der Waals surface area contributed by atoms with Gasteiger partial charge in [-0.2, -0.15) is 4.98 Å². The number of carbonyl (C=O) groups excluding carboxylic acids is 1. The lowest BCUT2D eigenvalue weighted by molar-refractivity contribution is -0.127. The molecule has 18 heavy (non-hydrogen) atoms. The molecule has 0 saturated carbocycles. The van der Waals surface area contributed by atoms with Crippen molar-refractivity contribution in [3.05, 3.63) is 11.4 Å². The van der Waals surface area contributed by atoms with Crippen molar-refractivity contribution in [1.82, 2.24) is 14.9 Å². The summed E-state index contributed by atoms with van der Waals surface area (Å²) in [6, 6.07) is 1.91. The van der Waals surface area contributed by atoms with Crippen LogP contribution in [0.1, 0.15) is 6.92 Å². The first kappa shape index (κ1) is 12.6. The molecule has 0 atom stereocenters. The summed E-state index contributed by atoms with van der Waals surface area (Å²) in [4.78, 5) is 22.4. The van der Waals surface area contributed by atoms with Crippen LogP contribution in [-0.2, 0) is 4.79 Å². The topological polar surface area (TPSA) is 84.1 Å². The Labute approximate surface area is 109 Å². The molecule has 0 fully saturated rings. The fraction of sp³-hybridized carbons (Fsp3) is 0.364. The van der Waals surface area contributed by atoms with E-state index in [9.17, 15) is 4.79 Å². The van der Waals surface area contributed by atoms with Gasteiger partial charge < -0.3 is 16.0 Å². The number of nitrogens with zero attached hydrogens (tertiary/aromatic N) is 3. The predicted octanol–water partition coefficient (Wildman–Crippen LogP) is 1.16. The summed E-state index contributed by atoms with van der Waals surface area (Å²) < 4.78 is 0. The Hall–Kier alpha value is -1.89. The van der Waals surface area contributed by atoms with Gasteiger partial charge in [-0.3, -0.25) is 4.79 Å². The molecule has 0 unspecified atom stereocenters. The maximum atomic E-state index is 11.7. The molecule has 2 heterocycles. The zero-order valence-electron chi connectivity index (χ0n) is 10.3. The number of rotatable bonds is 4. The van der Waals surface area contributed by atoms with Gasteiger partial charge in [0.05, 0.1) is 11.9 Å². The minimum atomic E-state index is 0.0121. The molecule has 2 aromatic rings. The van der Waals surface area contributed by atoms with E-state index >= 15 is 0 Å². The van der Waals surface area contributed by atoms with E-state index in [1.807, 2.05) is 18.4 Å². The van der Waals surface area contributed by atoms with Gasteiger partial charge in [0.25, 0.3) is 0 Å². The first-order valence-electron chi connectivity index (χ1n) is 5.60. The molecule has 0 aliphatic rings. The van der Waals surface area contributed by atoms with Crippen LogP contribution in [0, 0.1) is 0 Å². The first-order chi connectivity index (χ1) is 8.61. The van der Waals surface area contributed by atoms with E-state index in [4.69, 9.17) is 5.73 Å². The van der Waals surface area contributed by atoms with E-state index in [0.717, 1.165) is 10.2 Å². The van der Waals surface area contributed by atoms with Crippen LogP contribution in [0.5, 0.6) is 0 Å². The lowest BCUT2D eigenvalue weighted by Gasteiger charge is -2.15. The molecule has 0 radical (unpaired) electrons. The number of thiophene rings is 1. The fourth-order valence-corrected chi connectivity index (χ4v) is 2.25. The van der Waals surface area contributed by atoms with E-state index < -0.39 is 0 Å². The largest absolute Gasteiger partial charge is 0.368 e. The average molecular weight is 265 g/mol. The molecule has 0 bridgehead atoms. The van der Waals surface area contributed by atoms with Crippen LogP contribution < -0.4 is 11.1 Å². The Kier molecular flexibility index (Phi) is 3.61. The summed E-state index contributed by atoms with van der Waals surface area (Å²) in [6.07, 6.45) is 0. The van der Waals surface area contributed by atoms with Gasteiger partial charge >= 0.3 is 0 Å². The van der Waals surface area contributed by atoms with E-state index in [0.29, 0.717) is 12.4 Å². The van der Waals surface area contributed by atoms with Gasteiger partial charge in [-0.25, -0.2) is 4.98 Å². The van der Waals surface area contributed by atoms with Gasteiger partial charge in [0.1, 0.15) is 10.6 Å². The molecule has 0 spiro atoms. The van der Waals surface area contributed by atoms with Crippen molar-refractivity contribution >= 4 is 39.2 Å². The Morgan fingerprint density at radius 3 is 3.06 bits per heavy atom. The maximum absolute atomic E-state index is 11.7. The summed E-state index contributed by atoms with van der Waals surface area (Å²) >= 11 is 1.49. The second kappa shape index (κ2) is 5.18. The molecule has 0 aliphatic carbocycles. The number of anilines is 2. The van der Waals surface area contributed by atoms with E-state index in [2.05, 4.69) is 15.3 Å². The summed E-state index contributed by atoms with van der Waals surface area (Å²) in [5.74, 6) is 0.832. The maximum Gasteiger partial charge on any atom is 0.241 e. The van der Waals surface area contributed by atoms with Crippen molar-refractivity contribution in [3.63, 3.8) is 0 Å². The number of nitrogens with two attached hydrogens (primary N) is 1. The zero-order valence-corrected chi connectivity index (χ0v) is 11.1. The van der Waals surface area contributed by atoms with E-state index in [1.165, 1.54) is 11.3 Å². The number of nitrogen functional groups attached to an aromatic ring is 1. The molecular formula is C11H15N5OS. The monoisotopic (exact) mass is 265 g/mol. The van der Waals surface area contributed by atoms with E-state index in [-0.39, 0.29) is 18.4 Å². The highest BCUT2D eigenvalue weighted by Gasteiger charge is 2.10. The SMILES string of the molecule is CCN(C)C(=O)CNc1nc(N)nc2sccc12. The second-order valence-corrected chi connectivity index (χ2v) is 4.73. The summed E-state index contributed by atoms with van der Waals surface area (Å²) in [7, 11) is 1.76. The number of amides is 1. The molecule has 2 aromatic heterocycles. The number of aromatic nitrogens is 2. The van der Waals surface area contributed by atoms with Crippen molar-refractivity contribution in [2.24, 2.45) is 0 Å². The summed E-state index contributed by atoms with van der Waals surface area (Å²) in [6.45, 7) is 2.81. The second-order valence-electron chi connectivity index (χ2n) is 3.83. The third kappa shape index (κ3) is 2.51. The van der Waals surface area contributed by atoms with Crippen LogP contribution in [0.3, 0.4) is 0 Å². The van der Waals surface area contributed by atoms with Crippen molar-refractivity contribution in [2.45, 2.75) is 6.92 Å².